The van der Waals surface area contributed by atoms with Crippen LogP contribution in [0.5, 0.6) is 0 Å². The third kappa shape index (κ3) is 3.71. The van der Waals surface area contributed by atoms with Crippen molar-refractivity contribution < 1.29 is 29.6 Å². The molecule has 1 unspecified atom stereocenters. The molecule has 0 radical (unpaired) electrons. The van der Waals surface area contributed by atoms with Gasteiger partial charge in [-0.05, 0) is 6.42 Å². The summed E-state index contributed by atoms with van der Waals surface area (Å²) in [6.45, 7) is 1.69. The van der Waals surface area contributed by atoms with E-state index in [1.54, 1.807) is 0 Å². The molecule has 3 N–H and O–H groups in total. The average Bonchev–Trinajstić information content (AvgIpc) is 2.21. The molecule has 4 atom stereocenters. The summed E-state index contributed by atoms with van der Waals surface area (Å²) in [6.07, 6.45) is -3.27. The van der Waals surface area contributed by atoms with Crippen molar-refractivity contribution in [3.05, 3.63) is 0 Å². The number of carbonyl (C=O) groups is 1. The minimum Gasteiger partial charge on any atom is -0.463 e. The van der Waals surface area contributed by atoms with Crippen molar-refractivity contribution in [1.82, 2.24) is 0 Å². The summed E-state index contributed by atoms with van der Waals surface area (Å²) in [4.78, 5) is 11.1. The third-order valence-corrected chi connectivity index (χ3v) is 2.41. The first-order chi connectivity index (χ1) is 7.54. The van der Waals surface area contributed by atoms with Gasteiger partial charge in [0.2, 0.25) is 0 Å². The van der Waals surface area contributed by atoms with Gasteiger partial charge in [-0.1, -0.05) is 6.92 Å². The molecule has 0 amide bonds. The molecule has 6 heteroatoms. The molecule has 0 aliphatic carbocycles. The molecule has 0 aromatic rings. The number of carbonyl (C=O) groups excluding carboxylic acids is 1. The summed E-state index contributed by atoms with van der Waals surface area (Å²) < 4.78 is 9.81. The van der Waals surface area contributed by atoms with Crippen molar-refractivity contribution in [2.45, 2.75) is 50.8 Å². The van der Waals surface area contributed by atoms with Gasteiger partial charge in [-0.2, -0.15) is 0 Å². The van der Waals surface area contributed by atoms with Crippen LogP contribution in [0.3, 0.4) is 0 Å². The molecule has 1 aliphatic heterocycles. The van der Waals surface area contributed by atoms with Crippen LogP contribution in [-0.4, -0.2) is 52.5 Å². The molecule has 16 heavy (non-hydrogen) atoms. The Kier molecular flexibility index (Phi) is 5.14. The van der Waals surface area contributed by atoms with Gasteiger partial charge >= 0.3 is 5.97 Å². The first-order valence-corrected chi connectivity index (χ1v) is 5.39. The molecular formula is C10H18O6. The molecular weight excluding hydrogens is 216 g/mol. The van der Waals surface area contributed by atoms with Crippen molar-refractivity contribution in [3.8, 4) is 0 Å². The lowest BCUT2D eigenvalue weighted by molar-refractivity contribution is -0.242. The first-order valence-electron chi connectivity index (χ1n) is 5.39. The van der Waals surface area contributed by atoms with E-state index < -0.39 is 24.6 Å². The first kappa shape index (κ1) is 13.4. The Morgan fingerprint density at radius 2 is 2.12 bits per heavy atom. The van der Waals surface area contributed by atoms with E-state index in [1.807, 2.05) is 6.92 Å². The van der Waals surface area contributed by atoms with Gasteiger partial charge in [0, 0.05) is 12.8 Å². The van der Waals surface area contributed by atoms with Crippen molar-refractivity contribution in [2.24, 2.45) is 0 Å². The van der Waals surface area contributed by atoms with Crippen molar-refractivity contribution >= 4 is 5.97 Å². The van der Waals surface area contributed by atoms with Crippen molar-refractivity contribution in [2.75, 3.05) is 6.61 Å². The van der Waals surface area contributed by atoms with E-state index in [2.05, 4.69) is 0 Å². The molecule has 6 nitrogen and oxygen atoms in total. The summed E-state index contributed by atoms with van der Waals surface area (Å²) in [5.41, 5.74) is 0. The van der Waals surface area contributed by atoms with Gasteiger partial charge in [0.15, 0.2) is 6.29 Å². The maximum absolute atomic E-state index is 11.1. The highest BCUT2D eigenvalue weighted by Gasteiger charge is 2.36. The van der Waals surface area contributed by atoms with Crippen LogP contribution in [0.1, 0.15) is 26.2 Å². The normalized spacial score (nSPS) is 34.8. The van der Waals surface area contributed by atoms with Gasteiger partial charge in [-0.15, -0.1) is 0 Å². The minimum atomic E-state index is -1.14. The fourth-order valence-electron chi connectivity index (χ4n) is 1.52. The lowest BCUT2D eigenvalue weighted by atomic mass is 10.0. The van der Waals surface area contributed by atoms with E-state index in [9.17, 15) is 20.1 Å². The lowest BCUT2D eigenvalue weighted by Gasteiger charge is -2.34. The van der Waals surface area contributed by atoms with Crippen LogP contribution in [0.4, 0.5) is 0 Å². The molecule has 1 heterocycles. The number of aliphatic hydroxyl groups excluding tert-OH is 3. The van der Waals surface area contributed by atoms with E-state index in [4.69, 9.17) is 9.47 Å². The van der Waals surface area contributed by atoms with E-state index in [1.165, 1.54) is 0 Å². The third-order valence-electron chi connectivity index (χ3n) is 2.41. The van der Waals surface area contributed by atoms with Gasteiger partial charge in [-0.25, -0.2) is 0 Å². The number of aliphatic hydroxyl groups is 3. The van der Waals surface area contributed by atoms with E-state index >= 15 is 0 Å². The molecule has 0 aromatic carbocycles. The summed E-state index contributed by atoms with van der Waals surface area (Å²) >= 11 is 0. The fourth-order valence-corrected chi connectivity index (χ4v) is 1.52. The zero-order valence-corrected chi connectivity index (χ0v) is 9.20. The van der Waals surface area contributed by atoms with Gasteiger partial charge in [0.1, 0.15) is 18.8 Å². The van der Waals surface area contributed by atoms with Gasteiger partial charge in [-0.3, -0.25) is 4.79 Å². The molecule has 1 rings (SSSR count). The quantitative estimate of drug-likeness (QED) is 0.549. The Hall–Kier alpha value is -0.690. The summed E-state index contributed by atoms with van der Waals surface area (Å²) in [7, 11) is 0. The minimum absolute atomic E-state index is 0.0411. The predicted octanol–water partition coefficient (Wildman–Crippen LogP) is -0.841. The summed E-state index contributed by atoms with van der Waals surface area (Å²) in [5, 5.41) is 28.1. The molecule has 0 aromatic heterocycles. The topological polar surface area (TPSA) is 96.2 Å². The Labute approximate surface area is 93.8 Å². The molecule has 94 valence electrons. The summed E-state index contributed by atoms with van der Waals surface area (Å²) in [6, 6.07) is 0. The largest absolute Gasteiger partial charge is 0.463 e. The van der Waals surface area contributed by atoms with Crippen LogP contribution >= 0.6 is 0 Å². The van der Waals surface area contributed by atoms with Crippen molar-refractivity contribution in [3.63, 3.8) is 0 Å². The van der Waals surface area contributed by atoms with E-state index in [0.717, 1.165) is 0 Å². The van der Waals surface area contributed by atoms with Crippen LogP contribution < -0.4 is 0 Å². The Bertz CT molecular complexity index is 231. The molecule has 1 aliphatic rings. The van der Waals surface area contributed by atoms with Crippen LogP contribution in [0.2, 0.25) is 0 Å². The van der Waals surface area contributed by atoms with E-state index in [-0.39, 0.29) is 19.0 Å². The molecule has 1 saturated heterocycles. The highest BCUT2D eigenvalue weighted by molar-refractivity contribution is 5.69. The van der Waals surface area contributed by atoms with Crippen molar-refractivity contribution in [1.29, 1.82) is 0 Å². The van der Waals surface area contributed by atoms with Crippen LogP contribution in [0.25, 0.3) is 0 Å². The maximum atomic E-state index is 11.1. The zero-order valence-electron chi connectivity index (χ0n) is 9.20. The molecule has 1 fully saturated rings. The average molecular weight is 234 g/mol. The highest BCUT2D eigenvalue weighted by Crippen LogP contribution is 2.19. The van der Waals surface area contributed by atoms with Crippen LogP contribution in [-0.2, 0) is 14.3 Å². The SMILES string of the molecule is CCCC(=O)OC[C@H]1OC(O)C[C@H](O)[C@H]1O. The second-order valence-electron chi connectivity index (χ2n) is 3.86. The fraction of sp³-hybridized carbons (Fsp3) is 0.900. The number of hydrogen-bond donors (Lipinski definition) is 3. The molecule has 0 bridgehead atoms. The van der Waals surface area contributed by atoms with Gasteiger partial charge < -0.3 is 24.8 Å². The van der Waals surface area contributed by atoms with Gasteiger partial charge in [0.25, 0.3) is 0 Å². The molecule has 0 spiro atoms. The number of hydrogen-bond acceptors (Lipinski definition) is 6. The smallest absolute Gasteiger partial charge is 0.305 e. The standard InChI is InChI=1S/C10H18O6/c1-2-3-8(12)15-5-7-10(14)6(11)4-9(13)16-7/h6-7,9-11,13-14H,2-5H2,1H3/t6-,7+,9?,10+/m0/s1. The van der Waals surface area contributed by atoms with Crippen LogP contribution in [0, 0.1) is 0 Å². The summed E-state index contributed by atoms with van der Waals surface area (Å²) in [5.74, 6) is -0.382. The highest BCUT2D eigenvalue weighted by atomic mass is 16.6. The van der Waals surface area contributed by atoms with Gasteiger partial charge in [0.05, 0.1) is 6.10 Å². The number of esters is 1. The second kappa shape index (κ2) is 6.15. The second-order valence-corrected chi connectivity index (χ2v) is 3.86. The molecule has 0 saturated carbocycles. The number of ether oxygens (including phenoxy) is 2. The maximum Gasteiger partial charge on any atom is 0.305 e. The monoisotopic (exact) mass is 234 g/mol. The lowest BCUT2D eigenvalue weighted by Crippen LogP contribution is -2.50. The number of rotatable bonds is 4. The zero-order chi connectivity index (χ0) is 12.1. The Morgan fingerprint density at radius 3 is 2.75 bits per heavy atom. The Morgan fingerprint density at radius 1 is 1.44 bits per heavy atom. The predicted molar refractivity (Wildman–Crippen MR) is 53.4 cm³/mol. The van der Waals surface area contributed by atoms with Crippen LogP contribution in [0.15, 0.2) is 0 Å². The Balaban J connectivity index is 2.37. The van der Waals surface area contributed by atoms with E-state index in [0.29, 0.717) is 12.8 Å².